The highest BCUT2D eigenvalue weighted by Gasteiger charge is 2.50. The Labute approximate surface area is 221 Å². The van der Waals surface area contributed by atoms with Crippen molar-refractivity contribution in [3.05, 3.63) is 90.5 Å². The van der Waals surface area contributed by atoms with Crippen molar-refractivity contribution in [2.45, 2.75) is 54.7 Å². The average Bonchev–Trinajstić information content (AvgIpc) is 2.84. The normalized spacial score (nSPS) is 15.9. The summed E-state index contributed by atoms with van der Waals surface area (Å²) in [4.78, 5) is 0.103. The molecule has 35 heavy (non-hydrogen) atoms. The molecule has 0 aliphatic heterocycles. The summed E-state index contributed by atoms with van der Waals surface area (Å²) in [7, 11) is -4.18. The standard InChI is InChI=1S/C28H35BrO4SSi/c1-21-15-17-22(18-16-21)34(32)20-26(30)27(31)25(29)19-33-35(28(2,3)4,23-11-7-5-8-12-23)24-13-9-6-10-14-24/h5-18,25-27,30-31H,19-20H2,1-4H3/t25-,26-,27+,34?/m1/s1. The SMILES string of the molecule is Cc1ccc(S(=O)C[C@@H](O)[C@@H](O)[C@H](Br)CO[Si](c2ccccc2)(c2ccccc2)C(C)(C)C)cc1. The summed E-state index contributed by atoms with van der Waals surface area (Å²) in [5.41, 5.74) is 1.08. The smallest absolute Gasteiger partial charge is 0.261 e. The number of alkyl halides is 1. The molecule has 7 heteroatoms. The van der Waals surface area contributed by atoms with Crippen LogP contribution in [0.5, 0.6) is 0 Å². The molecule has 0 fully saturated rings. The van der Waals surface area contributed by atoms with Gasteiger partial charge < -0.3 is 14.6 Å². The summed E-state index contributed by atoms with van der Waals surface area (Å²) in [5.74, 6) is -0.0501. The quantitative estimate of drug-likeness (QED) is 0.282. The van der Waals surface area contributed by atoms with Gasteiger partial charge in [-0.15, -0.1) is 0 Å². The zero-order valence-corrected chi connectivity index (χ0v) is 24.1. The second kappa shape index (κ2) is 12.1. The number of aliphatic hydroxyl groups is 2. The van der Waals surface area contributed by atoms with Gasteiger partial charge >= 0.3 is 0 Å². The highest BCUT2D eigenvalue weighted by molar-refractivity contribution is 9.09. The van der Waals surface area contributed by atoms with Crippen molar-refractivity contribution in [1.82, 2.24) is 0 Å². The van der Waals surface area contributed by atoms with Gasteiger partial charge in [0, 0.05) is 11.5 Å². The van der Waals surface area contributed by atoms with Crippen LogP contribution in [0.15, 0.2) is 89.8 Å². The van der Waals surface area contributed by atoms with Crippen molar-refractivity contribution in [1.29, 1.82) is 0 Å². The second-order valence-electron chi connectivity index (χ2n) is 9.87. The van der Waals surface area contributed by atoms with Crippen LogP contribution in [-0.4, -0.2) is 52.1 Å². The summed E-state index contributed by atoms with van der Waals surface area (Å²) in [6.07, 6.45) is -2.30. The number of halogens is 1. The molecule has 0 heterocycles. The molecule has 2 N–H and O–H groups in total. The summed E-state index contributed by atoms with van der Waals surface area (Å²) >= 11 is 3.55. The van der Waals surface area contributed by atoms with Gasteiger partial charge in [-0.3, -0.25) is 4.21 Å². The maximum Gasteiger partial charge on any atom is 0.261 e. The summed E-state index contributed by atoms with van der Waals surface area (Å²) < 4.78 is 19.6. The molecule has 3 rings (SSSR count). The first-order valence-electron chi connectivity index (χ1n) is 11.8. The number of aryl methyl sites for hydroxylation is 1. The van der Waals surface area contributed by atoms with E-state index in [-0.39, 0.29) is 17.4 Å². The van der Waals surface area contributed by atoms with Crippen molar-refractivity contribution in [3.8, 4) is 0 Å². The third-order valence-electron chi connectivity index (χ3n) is 6.25. The lowest BCUT2D eigenvalue weighted by Gasteiger charge is -2.43. The Morgan fingerprint density at radius 2 is 1.37 bits per heavy atom. The van der Waals surface area contributed by atoms with Crippen LogP contribution in [0.2, 0.25) is 5.04 Å². The number of rotatable bonds is 10. The summed E-state index contributed by atoms with van der Waals surface area (Å²) in [6.45, 7) is 8.74. The fourth-order valence-electron chi connectivity index (χ4n) is 4.35. The fourth-order valence-corrected chi connectivity index (χ4v) is 10.8. The number of aliphatic hydroxyl groups excluding tert-OH is 2. The predicted octanol–water partition coefficient (Wildman–Crippen LogP) is 4.16. The van der Waals surface area contributed by atoms with Crippen molar-refractivity contribution in [2.75, 3.05) is 12.4 Å². The molecule has 188 valence electrons. The van der Waals surface area contributed by atoms with Crippen LogP contribution in [0.3, 0.4) is 0 Å². The molecule has 0 saturated heterocycles. The van der Waals surface area contributed by atoms with E-state index in [1.165, 1.54) is 0 Å². The minimum Gasteiger partial charge on any atom is -0.406 e. The van der Waals surface area contributed by atoms with Gasteiger partial charge in [-0.25, -0.2) is 0 Å². The van der Waals surface area contributed by atoms with E-state index in [4.69, 9.17) is 4.43 Å². The van der Waals surface area contributed by atoms with Gasteiger partial charge in [0.1, 0.15) is 0 Å². The minimum absolute atomic E-state index is 0.0501. The first-order chi connectivity index (χ1) is 16.6. The van der Waals surface area contributed by atoms with E-state index in [9.17, 15) is 14.4 Å². The monoisotopic (exact) mass is 574 g/mol. The maximum atomic E-state index is 12.7. The lowest BCUT2D eigenvalue weighted by molar-refractivity contribution is 0.0256. The van der Waals surface area contributed by atoms with Crippen LogP contribution < -0.4 is 10.4 Å². The highest BCUT2D eigenvalue weighted by atomic mass is 79.9. The molecule has 3 aromatic carbocycles. The van der Waals surface area contributed by atoms with E-state index >= 15 is 0 Å². The lowest BCUT2D eigenvalue weighted by atomic mass is 10.2. The van der Waals surface area contributed by atoms with E-state index < -0.39 is 36.2 Å². The van der Waals surface area contributed by atoms with Crippen molar-refractivity contribution < 1.29 is 18.8 Å². The van der Waals surface area contributed by atoms with Gasteiger partial charge in [-0.2, -0.15) is 0 Å². The third-order valence-corrected chi connectivity index (χ3v) is 13.5. The van der Waals surface area contributed by atoms with Crippen LogP contribution in [0.25, 0.3) is 0 Å². The average molecular weight is 576 g/mol. The molecule has 4 nitrogen and oxygen atoms in total. The van der Waals surface area contributed by atoms with Gasteiger partial charge in [0.15, 0.2) is 0 Å². The van der Waals surface area contributed by atoms with Gasteiger partial charge in [-0.1, -0.05) is 115 Å². The molecule has 3 aromatic rings. The molecule has 4 atom stereocenters. The van der Waals surface area contributed by atoms with Gasteiger partial charge in [-0.05, 0) is 34.5 Å². The molecule has 0 saturated carbocycles. The van der Waals surface area contributed by atoms with Crippen molar-refractivity contribution in [2.24, 2.45) is 0 Å². The van der Waals surface area contributed by atoms with Crippen LogP contribution in [0.1, 0.15) is 26.3 Å². The third kappa shape index (κ3) is 6.59. The molecular weight excluding hydrogens is 540 g/mol. The van der Waals surface area contributed by atoms with Crippen LogP contribution >= 0.6 is 15.9 Å². The Kier molecular flexibility index (Phi) is 9.65. The van der Waals surface area contributed by atoms with Crippen molar-refractivity contribution in [3.63, 3.8) is 0 Å². The zero-order valence-electron chi connectivity index (χ0n) is 20.7. The number of hydrogen-bond donors (Lipinski definition) is 2. The van der Waals surface area contributed by atoms with Crippen LogP contribution in [0.4, 0.5) is 0 Å². The topological polar surface area (TPSA) is 66.8 Å². The van der Waals surface area contributed by atoms with E-state index in [0.29, 0.717) is 4.90 Å². The largest absolute Gasteiger partial charge is 0.406 e. The Morgan fingerprint density at radius 1 is 0.886 bits per heavy atom. The molecule has 0 aliphatic rings. The van der Waals surface area contributed by atoms with E-state index in [2.05, 4.69) is 61.0 Å². The molecule has 0 spiro atoms. The fraction of sp³-hybridized carbons (Fsp3) is 0.357. The Hall–Kier alpha value is -1.61. The summed E-state index contributed by atoms with van der Waals surface area (Å²) in [6, 6.07) is 27.9. The van der Waals surface area contributed by atoms with Gasteiger partial charge in [0.05, 0.1) is 33.6 Å². The molecule has 0 amide bonds. The maximum absolute atomic E-state index is 12.7. The minimum atomic E-state index is -2.77. The van der Waals surface area contributed by atoms with Crippen molar-refractivity contribution >= 4 is 45.4 Å². The molecule has 0 radical (unpaired) electrons. The first-order valence-corrected chi connectivity index (χ1v) is 15.9. The zero-order chi connectivity index (χ0) is 25.6. The Morgan fingerprint density at radius 3 is 1.83 bits per heavy atom. The predicted molar refractivity (Wildman–Crippen MR) is 151 cm³/mol. The molecule has 0 aliphatic carbocycles. The van der Waals surface area contributed by atoms with Crippen LogP contribution in [0, 0.1) is 6.92 Å². The Bertz CT molecular complexity index is 1050. The highest BCUT2D eigenvalue weighted by Crippen LogP contribution is 2.37. The molecule has 0 aromatic heterocycles. The van der Waals surface area contributed by atoms with Gasteiger partial charge in [0.25, 0.3) is 8.32 Å². The Balaban J connectivity index is 1.80. The molecule has 1 unspecified atom stereocenters. The van der Waals surface area contributed by atoms with E-state index in [1.807, 2.05) is 55.5 Å². The number of hydrogen-bond acceptors (Lipinski definition) is 4. The second-order valence-corrected chi connectivity index (χ2v) is 16.9. The lowest BCUT2D eigenvalue weighted by Crippen LogP contribution is -2.67. The van der Waals surface area contributed by atoms with E-state index in [1.54, 1.807) is 12.1 Å². The first kappa shape index (κ1) is 28.0. The van der Waals surface area contributed by atoms with Gasteiger partial charge in [0.2, 0.25) is 0 Å². The summed E-state index contributed by atoms with van der Waals surface area (Å²) in [5, 5.41) is 23.7. The number of benzene rings is 3. The molecule has 0 bridgehead atoms. The van der Waals surface area contributed by atoms with E-state index in [0.717, 1.165) is 15.9 Å². The molecular formula is C28H35BrO4SSi. The van der Waals surface area contributed by atoms with Crippen LogP contribution in [-0.2, 0) is 15.2 Å².